The molecule has 186 valence electrons. The Morgan fingerprint density at radius 1 is 0.879 bits per heavy atom. The zero-order valence-electron chi connectivity index (χ0n) is 20.3. The van der Waals surface area contributed by atoms with Crippen molar-refractivity contribution in [3.63, 3.8) is 0 Å². The minimum absolute atomic E-state index is 0.116. The van der Waals surface area contributed by atoms with E-state index in [1.165, 1.54) is 57.1 Å². The number of carbonyl (C=O) groups excluding carboxylic acids is 2. The number of unbranched alkanes of at least 4 members (excludes halogenated alkanes) is 11. The number of hydrogen-bond donors (Lipinski definition) is 3. The fourth-order valence-corrected chi connectivity index (χ4v) is 3.62. The maximum absolute atomic E-state index is 12.1. The molecule has 0 aromatic heterocycles. The lowest BCUT2D eigenvalue weighted by atomic mass is 10.1. The van der Waals surface area contributed by atoms with E-state index >= 15 is 0 Å². The number of phenols is 1. The summed E-state index contributed by atoms with van der Waals surface area (Å²) in [6, 6.07) is 5.23. The van der Waals surface area contributed by atoms with Crippen molar-refractivity contribution in [2.45, 2.75) is 109 Å². The molecular formula is C27H43NO5. The Kier molecular flexibility index (Phi) is 16.9. The summed E-state index contributed by atoms with van der Waals surface area (Å²) in [5.41, 5.74) is 2.62. The zero-order valence-corrected chi connectivity index (χ0v) is 20.3. The number of esters is 2. The van der Waals surface area contributed by atoms with Crippen molar-refractivity contribution in [1.82, 2.24) is 5.48 Å². The summed E-state index contributed by atoms with van der Waals surface area (Å²) >= 11 is 0. The predicted octanol–water partition coefficient (Wildman–Crippen LogP) is 6.39. The average molecular weight is 462 g/mol. The molecule has 33 heavy (non-hydrogen) atoms. The summed E-state index contributed by atoms with van der Waals surface area (Å²) < 4.78 is 4.86. The van der Waals surface area contributed by atoms with E-state index in [1.807, 2.05) is 5.48 Å². The van der Waals surface area contributed by atoms with E-state index in [-0.39, 0.29) is 18.6 Å². The van der Waals surface area contributed by atoms with Gasteiger partial charge in [0.2, 0.25) is 0 Å². The Balaban J connectivity index is 2.02. The van der Waals surface area contributed by atoms with Gasteiger partial charge in [-0.05, 0) is 49.8 Å². The molecule has 0 bridgehead atoms. The molecule has 1 aromatic rings. The van der Waals surface area contributed by atoms with Gasteiger partial charge in [-0.15, -0.1) is 0 Å². The van der Waals surface area contributed by atoms with Crippen LogP contribution < -0.4 is 5.48 Å². The van der Waals surface area contributed by atoms with Crippen molar-refractivity contribution in [2.75, 3.05) is 0 Å². The standard InChI is InChI=1S/C27H43NO5/c1-2-3-4-5-6-7-8-9-10-11-12-13-14-15-16-17-26(30)33-27(31)25(28-32)22-23-18-20-24(29)21-19-23/h9-10,18-21,25,28-29,32H,2-8,11-17,22H2,1H3/b10-9-/t25-/m0/s1. The molecule has 0 aliphatic heterocycles. The number of rotatable bonds is 19. The fraction of sp³-hybridized carbons (Fsp3) is 0.630. The van der Waals surface area contributed by atoms with Gasteiger partial charge in [-0.2, -0.15) is 5.48 Å². The highest BCUT2D eigenvalue weighted by molar-refractivity contribution is 5.88. The number of carbonyl (C=O) groups is 2. The molecule has 0 spiro atoms. The Bertz CT molecular complexity index is 672. The first-order chi connectivity index (χ1) is 16.1. The highest BCUT2D eigenvalue weighted by Gasteiger charge is 2.22. The third-order valence-corrected chi connectivity index (χ3v) is 5.67. The monoisotopic (exact) mass is 461 g/mol. The van der Waals surface area contributed by atoms with Gasteiger partial charge >= 0.3 is 11.9 Å². The minimum atomic E-state index is -1.03. The van der Waals surface area contributed by atoms with Gasteiger partial charge in [-0.3, -0.25) is 4.79 Å². The fourth-order valence-electron chi connectivity index (χ4n) is 3.62. The first-order valence-corrected chi connectivity index (χ1v) is 12.6. The van der Waals surface area contributed by atoms with Crippen LogP contribution in [0.1, 0.15) is 102 Å². The summed E-state index contributed by atoms with van der Waals surface area (Å²) in [6.07, 6.45) is 20.3. The van der Waals surface area contributed by atoms with Crippen LogP contribution in [0.3, 0.4) is 0 Å². The number of aromatic hydroxyl groups is 1. The number of ether oxygens (including phenoxy) is 1. The Morgan fingerprint density at radius 3 is 2.00 bits per heavy atom. The van der Waals surface area contributed by atoms with Crippen molar-refractivity contribution in [2.24, 2.45) is 0 Å². The van der Waals surface area contributed by atoms with E-state index in [0.717, 1.165) is 37.7 Å². The SMILES string of the molecule is CCCCCCCC/C=C\CCCCCCCC(=O)OC(=O)[C@H](Cc1ccc(O)cc1)NO. The highest BCUT2D eigenvalue weighted by atomic mass is 16.6. The summed E-state index contributed by atoms with van der Waals surface area (Å²) in [5, 5.41) is 18.5. The second kappa shape index (κ2) is 19.3. The first kappa shape index (κ1) is 28.9. The van der Waals surface area contributed by atoms with E-state index < -0.39 is 18.0 Å². The number of hydrogen-bond acceptors (Lipinski definition) is 6. The quantitative estimate of drug-likeness (QED) is 0.0726. The lowest BCUT2D eigenvalue weighted by Gasteiger charge is -2.13. The van der Waals surface area contributed by atoms with Gasteiger partial charge in [0.25, 0.3) is 0 Å². The maximum Gasteiger partial charge on any atom is 0.333 e. The topological polar surface area (TPSA) is 95.9 Å². The van der Waals surface area contributed by atoms with E-state index in [9.17, 15) is 19.9 Å². The van der Waals surface area contributed by atoms with Crippen molar-refractivity contribution in [3.8, 4) is 5.75 Å². The van der Waals surface area contributed by atoms with Gasteiger partial charge in [0.15, 0.2) is 0 Å². The number of nitrogens with one attached hydrogen (secondary N) is 1. The molecule has 0 aliphatic rings. The van der Waals surface area contributed by atoms with Crippen LogP contribution in [0.4, 0.5) is 0 Å². The van der Waals surface area contributed by atoms with Crippen LogP contribution in [-0.2, 0) is 20.7 Å². The molecule has 0 heterocycles. The van der Waals surface area contributed by atoms with Gasteiger partial charge in [-0.25, -0.2) is 4.79 Å². The minimum Gasteiger partial charge on any atom is -0.508 e. The zero-order chi connectivity index (χ0) is 24.2. The van der Waals surface area contributed by atoms with Gasteiger partial charge in [-0.1, -0.05) is 82.6 Å². The van der Waals surface area contributed by atoms with E-state index in [2.05, 4.69) is 19.1 Å². The molecule has 1 aromatic carbocycles. The Morgan fingerprint density at radius 2 is 1.42 bits per heavy atom. The van der Waals surface area contributed by atoms with Crippen LogP contribution >= 0.6 is 0 Å². The molecule has 0 saturated heterocycles. The normalized spacial score (nSPS) is 12.2. The molecule has 0 unspecified atom stereocenters. The molecule has 0 radical (unpaired) electrons. The predicted molar refractivity (Wildman–Crippen MR) is 131 cm³/mol. The lowest BCUT2D eigenvalue weighted by Crippen LogP contribution is -2.38. The molecule has 0 fully saturated rings. The number of benzene rings is 1. The van der Waals surface area contributed by atoms with Crippen molar-refractivity contribution >= 4 is 11.9 Å². The molecule has 0 saturated carbocycles. The van der Waals surface area contributed by atoms with Crippen molar-refractivity contribution < 1.29 is 24.6 Å². The third kappa shape index (κ3) is 15.3. The Hall–Kier alpha value is -2.18. The van der Waals surface area contributed by atoms with Gasteiger partial charge in [0.1, 0.15) is 11.8 Å². The van der Waals surface area contributed by atoms with Gasteiger partial charge < -0.3 is 15.1 Å². The van der Waals surface area contributed by atoms with E-state index in [4.69, 9.17) is 4.74 Å². The third-order valence-electron chi connectivity index (χ3n) is 5.67. The molecule has 6 heteroatoms. The van der Waals surface area contributed by atoms with Crippen LogP contribution in [0.25, 0.3) is 0 Å². The summed E-state index contributed by atoms with van der Waals surface area (Å²) in [7, 11) is 0. The van der Waals surface area contributed by atoms with Crippen molar-refractivity contribution in [1.29, 1.82) is 0 Å². The highest BCUT2D eigenvalue weighted by Crippen LogP contribution is 2.13. The van der Waals surface area contributed by atoms with Crippen LogP contribution in [0.2, 0.25) is 0 Å². The summed E-state index contributed by atoms with van der Waals surface area (Å²) in [4.78, 5) is 24.0. The molecule has 0 aliphatic carbocycles. The molecule has 1 atom stereocenters. The maximum atomic E-state index is 12.1. The molecule has 3 N–H and O–H groups in total. The van der Waals surface area contributed by atoms with Gasteiger partial charge in [0.05, 0.1) is 0 Å². The van der Waals surface area contributed by atoms with E-state index in [0.29, 0.717) is 6.42 Å². The summed E-state index contributed by atoms with van der Waals surface area (Å²) in [5.74, 6) is -1.25. The summed E-state index contributed by atoms with van der Waals surface area (Å²) in [6.45, 7) is 2.24. The first-order valence-electron chi connectivity index (χ1n) is 12.6. The van der Waals surface area contributed by atoms with Crippen LogP contribution in [0, 0.1) is 0 Å². The van der Waals surface area contributed by atoms with E-state index in [1.54, 1.807) is 12.1 Å². The second-order valence-electron chi connectivity index (χ2n) is 8.68. The molecule has 1 rings (SSSR count). The number of hydroxylamine groups is 1. The largest absolute Gasteiger partial charge is 0.508 e. The molecule has 6 nitrogen and oxygen atoms in total. The average Bonchev–Trinajstić information content (AvgIpc) is 2.81. The molecular weight excluding hydrogens is 418 g/mol. The van der Waals surface area contributed by atoms with Crippen LogP contribution in [-0.4, -0.2) is 28.3 Å². The van der Waals surface area contributed by atoms with Crippen molar-refractivity contribution in [3.05, 3.63) is 42.0 Å². The number of allylic oxidation sites excluding steroid dienone is 2. The van der Waals surface area contributed by atoms with Gasteiger partial charge in [0, 0.05) is 12.8 Å². The number of phenolic OH excluding ortho intramolecular Hbond substituents is 1. The van der Waals surface area contributed by atoms with Crippen LogP contribution in [0.5, 0.6) is 5.75 Å². The second-order valence-corrected chi connectivity index (χ2v) is 8.68. The van der Waals surface area contributed by atoms with Crippen LogP contribution in [0.15, 0.2) is 36.4 Å². The lowest BCUT2D eigenvalue weighted by molar-refractivity contribution is -0.162. The molecule has 0 amide bonds. The Labute approximate surface area is 199 Å². The smallest absolute Gasteiger partial charge is 0.333 e.